The second kappa shape index (κ2) is 5.23. The number of aromatic nitrogens is 1. The fourth-order valence-electron chi connectivity index (χ4n) is 1.81. The summed E-state index contributed by atoms with van der Waals surface area (Å²) in [5.41, 5.74) is 1.50. The summed E-state index contributed by atoms with van der Waals surface area (Å²) in [6.45, 7) is 0.349. The standard InChI is InChI=1S/C13H16N2O2/c1-14-8-12(16)13(17)10-5-4-9-3-2-6-15-11(9)7-10/h2-7,12-14,16-17H,8H2,1H3. The number of nitrogens with zero attached hydrogens (tertiary/aromatic N) is 1. The van der Waals surface area contributed by atoms with Gasteiger partial charge in [0.25, 0.3) is 0 Å². The first-order chi connectivity index (χ1) is 8.22. The number of aliphatic hydroxyl groups is 2. The minimum atomic E-state index is -0.895. The Morgan fingerprint density at radius 1 is 1.29 bits per heavy atom. The molecular weight excluding hydrogens is 216 g/mol. The van der Waals surface area contributed by atoms with Gasteiger partial charge < -0.3 is 15.5 Å². The summed E-state index contributed by atoms with van der Waals surface area (Å²) in [6, 6.07) is 9.34. The Morgan fingerprint density at radius 3 is 2.88 bits per heavy atom. The number of nitrogens with one attached hydrogen (secondary N) is 1. The molecule has 4 nitrogen and oxygen atoms in total. The lowest BCUT2D eigenvalue weighted by Crippen LogP contribution is -2.29. The summed E-state index contributed by atoms with van der Waals surface area (Å²) >= 11 is 0. The van der Waals surface area contributed by atoms with Gasteiger partial charge in [-0.1, -0.05) is 18.2 Å². The van der Waals surface area contributed by atoms with Crippen molar-refractivity contribution in [2.75, 3.05) is 13.6 Å². The first-order valence-corrected chi connectivity index (χ1v) is 5.58. The molecule has 1 heterocycles. The lowest BCUT2D eigenvalue weighted by molar-refractivity contribution is 0.0203. The lowest BCUT2D eigenvalue weighted by Gasteiger charge is -2.18. The van der Waals surface area contributed by atoms with Crippen molar-refractivity contribution in [1.29, 1.82) is 0 Å². The molecule has 1 aromatic heterocycles. The fraction of sp³-hybridized carbons (Fsp3) is 0.308. The first-order valence-electron chi connectivity index (χ1n) is 5.58. The van der Waals surface area contributed by atoms with Crippen molar-refractivity contribution in [3.05, 3.63) is 42.1 Å². The van der Waals surface area contributed by atoms with Crippen molar-refractivity contribution in [2.45, 2.75) is 12.2 Å². The van der Waals surface area contributed by atoms with Crippen LogP contribution in [0.5, 0.6) is 0 Å². The van der Waals surface area contributed by atoms with Crippen molar-refractivity contribution in [2.24, 2.45) is 0 Å². The van der Waals surface area contributed by atoms with E-state index in [2.05, 4.69) is 10.3 Å². The number of benzene rings is 1. The van der Waals surface area contributed by atoms with E-state index in [0.29, 0.717) is 12.1 Å². The van der Waals surface area contributed by atoms with Gasteiger partial charge in [0.2, 0.25) is 0 Å². The van der Waals surface area contributed by atoms with Gasteiger partial charge in [-0.05, 0) is 24.7 Å². The molecule has 2 rings (SSSR count). The van der Waals surface area contributed by atoms with Gasteiger partial charge in [0.1, 0.15) is 6.10 Å². The SMILES string of the molecule is CNCC(O)C(O)c1ccc2cccnc2c1. The predicted molar refractivity (Wildman–Crippen MR) is 66.6 cm³/mol. The number of hydrogen-bond donors (Lipinski definition) is 3. The van der Waals surface area contributed by atoms with Gasteiger partial charge in [-0.25, -0.2) is 0 Å². The molecule has 0 fully saturated rings. The molecule has 0 bridgehead atoms. The number of likely N-dealkylation sites (N-methyl/N-ethyl adjacent to an activating group) is 1. The Bertz CT molecular complexity index is 501. The number of rotatable bonds is 4. The molecule has 1 aromatic carbocycles. The fourth-order valence-corrected chi connectivity index (χ4v) is 1.81. The summed E-state index contributed by atoms with van der Waals surface area (Å²) in [4.78, 5) is 4.22. The molecule has 0 aliphatic heterocycles. The van der Waals surface area contributed by atoms with Crippen LogP contribution in [0.4, 0.5) is 0 Å². The predicted octanol–water partition coefficient (Wildman–Crippen LogP) is 0.848. The van der Waals surface area contributed by atoms with E-state index in [4.69, 9.17) is 0 Å². The van der Waals surface area contributed by atoms with Gasteiger partial charge in [0.05, 0.1) is 11.6 Å². The number of hydrogen-bond acceptors (Lipinski definition) is 4. The lowest BCUT2D eigenvalue weighted by atomic mass is 10.0. The first kappa shape index (κ1) is 12.0. The van der Waals surface area contributed by atoms with Gasteiger partial charge in [-0.2, -0.15) is 0 Å². The van der Waals surface area contributed by atoms with Crippen LogP contribution in [0.25, 0.3) is 10.9 Å². The molecule has 2 unspecified atom stereocenters. The van der Waals surface area contributed by atoms with E-state index in [0.717, 1.165) is 10.9 Å². The Morgan fingerprint density at radius 2 is 2.12 bits per heavy atom. The summed E-state index contributed by atoms with van der Waals surface area (Å²) in [6.07, 6.45) is -0.00211. The maximum Gasteiger partial charge on any atom is 0.106 e. The van der Waals surface area contributed by atoms with E-state index in [9.17, 15) is 10.2 Å². The van der Waals surface area contributed by atoms with E-state index < -0.39 is 12.2 Å². The molecule has 0 aliphatic carbocycles. The van der Waals surface area contributed by atoms with Crippen LogP contribution in [0, 0.1) is 0 Å². The average molecular weight is 232 g/mol. The van der Waals surface area contributed by atoms with Crippen LogP contribution < -0.4 is 5.32 Å². The van der Waals surface area contributed by atoms with Gasteiger partial charge in [-0.15, -0.1) is 0 Å². The van der Waals surface area contributed by atoms with Crippen LogP contribution in [-0.2, 0) is 0 Å². The maximum atomic E-state index is 9.96. The van der Waals surface area contributed by atoms with Gasteiger partial charge in [0, 0.05) is 18.1 Å². The highest BCUT2D eigenvalue weighted by Gasteiger charge is 2.17. The quantitative estimate of drug-likeness (QED) is 0.731. The van der Waals surface area contributed by atoms with Crippen molar-refractivity contribution in [3.63, 3.8) is 0 Å². The minimum absolute atomic E-state index is 0.349. The number of fused-ring (bicyclic) bond motifs is 1. The van der Waals surface area contributed by atoms with Gasteiger partial charge in [0.15, 0.2) is 0 Å². The van der Waals surface area contributed by atoms with Crippen LogP contribution in [0.3, 0.4) is 0 Å². The Hall–Kier alpha value is -1.49. The van der Waals surface area contributed by atoms with Gasteiger partial charge in [-0.3, -0.25) is 4.98 Å². The summed E-state index contributed by atoms with van der Waals surface area (Å²) in [5.74, 6) is 0. The monoisotopic (exact) mass is 232 g/mol. The van der Waals surface area contributed by atoms with Crippen LogP contribution in [0.15, 0.2) is 36.5 Å². The van der Waals surface area contributed by atoms with E-state index in [-0.39, 0.29) is 0 Å². The van der Waals surface area contributed by atoms with Crippen LogP contribution in [0.1, 0.15) is 11.7 Å². The number of pyridine rings is 1. The highest BCUT2D eigenvalue weighted by molar-refractivity contribution is 5.78. The van der Waals surface area contributed by atoms with Gasteiger partial charge >= 0.3 is 0 Å². The molecule has 17 heavy (non-hydrogen) atoms. The molecular formula is C13H16N2O2. The third-order valence-electron chi connectivity index (χ3n) is 2.75. The Kier molecular flexibility index (Phi) is 3.68. The molecule has 2 aromatic rings. The Balaban J connectivity index is 2.29. The molecule has 2 atom stereocenters. The normalized spacial score (nSPS) is 14.8. The van der Waals surface area contributed by atoms with Crippen LogP contribution in [-0.4, -0.2) is 34.9 Å². The van der Waals surface area contributed by atoms with E-state index in [1.807, 2.05) is 24.3 Å². The summed E-state index contributed by atoms with van der Waals surface area (Å²) in [7, 11) is 1.73. The zero-order chi connectivity index (χ0) is 12.3. The van der Waals surface area contributed by atoms with Crippen molar-refractivity contribution in [3.8, 4) is 0 Å². The largest absolute Gasteiger partial charge is 0.389 e. The third-order valence-corrected chi connectivity index (χ3v) is 2.75. The van der Waals surface area contributed by atoms with Crippen LogP contribution >= 0.6 is 0 Å². The van der Waals surface area contributed by atoms with E-state index in [1.165, 1.54) is 0 Å². The minimum Gasteiger partial charge on any atom is -0.389 e. The van der Waals surface area contributed by atoms with Crippen molar-refractivity contribution in [1.82, 2.24) is 10.3 Å². The Labute approximate surface area is 99.9 Å². The van der Waals surface area contributed by atoms with Crippen molar-refractivity contribution < 1.29 is 10.2 Å². The zero-order valence-corrected chi connectivity index (χ0v) is 9.67. The molecule has 90 valence electrons. The molecule has 3 N–H and O–H groups in total. The molecule has 0 radical (unpaired) electrons. The molecule has 0 aliphatic rings. The topological polar surface area (TPSA) is 65.4 Å². The number of aliphatic hydroxyl groups excluding tert-OH is 2. The molecule has 0 saturated heterocycles. The smallest absolute Gasteiger partial charge is 0.106 e. The average Bonchev–Trinajstić information content (AvgIpc) is 2.37. The maximum absolute atomic E-state index is 9.96. The molecule has 4 heteroatoms. The van der Waals surface area contributed by atoms with E-state index >= 15 is 0 Å². The second-order valence-electron chi connectivity index (χ2n) is 4.03. The summed E-state index contributed by atoms with van der Waals surface area (Å²) < 4.78 is 0. The third kappa shape index (κ3) is 2.61. The highest BCUT2D eigenvalue weighted by Crippen LogP contribution is 2.21. The van der Waals surface area contributed by atoms with E-state index in [1.54, 1.807) is 19.3 Å². The van der Waals surface area contributed by atoms with Crippen LogP contribution in [0.2, 0.25) is 0 Å². The highest BCUT2D eigenvalue weighted by atomic mass is 16.3. The zero-order valence-electron chi connectivity index (χ0n) is 9.67. The second-order valence-corrected chi connectivity index (χ2v) is 4.03. The summed E-state index contributed by atoms with van der Waals surface area (Å²) in [5, 5.41) is 23.5. The molecule has 0 saturated carbocycles. The van der Waals surface area contributed by atoms with Crippen molar-refractivity contribution >= 4 is 10.9 Å². The molecule has 0 spiro atoms. The molecule has 0 amide bonds.